The van der Waals surface area contributed by atoms with E-state index in [0.717, 1.165) is 48.9 Å². The van der Waals surface area contributed by atoms with Gasteiger partial charge in [-0.05, 0) is 44.7 Å². The Bertz CT molecular complexity index is 790. The van der Waals surface area contributed by atoms with E-state index < -0.39 is 12.1 Å². The summed E-state index contributed by atoms with van der Waals surface area (Å²) in [5.41, 5.74) is 2.50. The van der Waals surface area contributed by atoms with Crippen LogP contribution in [0.5, 0.6) is 0 Å². The lowest BCUT2D eigenvalue weighted by atomic mass is 9.83. The van der Waals surface area contributed by atoms with Crippen molar-refractivity contribution >= 4 is 17.8 Å². The van der Waals surface area contributed by atoms with Crippen molar-refractivity contribution < 1.29 is 19.2 Å². The van der Waals surface area contributed by atoms with Gasteiger partial charge in [0.1, 0.15) is 17.6 Å². The van der Waals surface area contributed by atoms with Crippen molar-refractivity contribution in [2.24, 2.45) is 5.92 Å². The van der Waals surface area contributed by atoms with Crippen LogP contribution in [-0.2, 0) is 4.79 Å². The summed E-state index contributed by atoms with van der Waals surface area (Å²) in [7, 11) is 0. The fraction of sp³-hybridized carbons (Fsp3) is 0.474. The van der Waals surface area contributed by atoms with E-state index >= 15 is 0 Å². The van der Waals surface area contributed by atoms with Crippen molar-refractivity contribution in [2.75, 3.05) is 5.32 Å². The Morgan fingerprint density at radius 2 is 1.96 bits per heavy atom. The summed E-state index contributed by atoms with van der Waals surface area (Å²) in [5.74, 6) is 0.718. The number of nitrogens with one attached hydrogen (secondary N) is 2. The maximum atomic E-state index is 12.7. The molecule has 2 heterocycles. The minimum absolute atomic E-state index is 0.0106. The van der Waals surface area contributed by atoms with Gasteiger partial charge in [0.05, 0.1) is 5.69 Å². The quantitative estimate of drug-likeness (QED) is 0.739. The number of amides is 2. The maximum absolute atomic E-state index is 12.7. The molecule has 0 saturated heterocycles. The number of rotatable bonds is 5. The van der Waals surface area contributed by atoms with Crippen LogP contribution in [0.3, 0.4) is 0 Å². The van der Waals surface area contributed by atoms with E-state index in [2.05, 4.69) is 20.8 Å². The SMILES string of the molecule is Cc1noc(C)c1-c1ccc(NC(=O)[C@@H](NC(=O)O)C2CCCCC2)nc1. The predicted octanol–water partition coefficient (Wildman–Crippen LogP) is 3.51. The molecule has 1 saturated carbocycles. The van der Waals surface area contributed by atoms with E-state index in [1.165, 1.54) is 0 Å². The molecule has 0 bridgehead atoms. The molecule has 1 fully saturated rings. The number of pyridine rings is 1. The molecule has 1 atom stereocenters. The van der Waals surface area contributed by atoms with Gasteiger partial charge >= 0.3 is 6.09 Å². The standard InChI is InChI=1S/C19H24N4O4/c1-11-16(12(2)27-23-11)14-8-9-15(20-10-14)21-18(24)17(22-19(25)26)13-6-4-3-5-7-13/h8-10,13,17,22H,3-7H2,1-2H3,(H,25,26)(H,20,21,24)/t17-/m0/s1. The molecule has 0 spiro atoms. The molecule has 1 aliphatic carbocycles. The van der Waals surface area contributed by atoms with Gasteiger partial charge in [-0.25, -0.2) is 9.78 Å². The van der Waals surface area contributed by atoms with Crippen LogP contribution in [0.25, 0.3) is 11.1 Å². The Labute approximate surface area is 157 Å². The number of nitrogens with zero attached hydrogens (tertiary/aromatic N) is 2. The molecule has 0 aliphatic heterocycles. The van der Waals surface area contributed by atoms with E-state index in [1.807, 2.05) is 19.9 Å². The molecule has 0 unspecified atom stereocenters. The molecule has 1 aliphatic rings. The number of carbonyl (C=O) groups excluding carboxylic acids is 1. The molecule has 2 amide bonds. The molecule has 0 radical (unpaired) electrons. The van der Waals surface area contributed by atoms with Crippen LogP contribution < -0.4 is 10.6 Å². The highest BCUT2D eigenvalue weighted by atomic mass is 16.5. The van der Waals surface area contributed by atoms with Crippen LogP contribution in [-0.4, -0.2) is 33.3 Å². The molecular formula is C19H24N4O4. The van der Waals surface area contributed by atoms with Crippen LogP contribution >= 0.6 is 0 Å². The van der Waals surface area contributed by atoms with Crippen molar-refractivity contribution in [1.29, 1.82) is 0 Å². The first-order valence-electron chi connectivity index (χ1n) is 9.15. The fourth-order valence-corrected chi connectivity index (χ4v) is 3.71. The highest BCUT2D eigenvalue weighted by molar-refractivity contribution is 5.96. The van der Waals surface area contributed by atoms with Crippen LogP contribution in [0.4, 0.5) is 10.6 Å². The van der Waals surface area contributed by atoms with Crippen LogP contribution in [0.1, 0.15) is 43.6 Å². The lowest BCUT2D eigenvalue weighted by Crippen LogP contribution is -2.48. The lowest BCUT2D eigenvalue weighted by molar-refractivity contribution is -0.119. The van der Waals surface area contributed by atoms with Gasteiger partial charge in [-0.2, -0.15) is 0 Å². The first kappa shape index (κ1) is 18.9. The second-order valence-electron chi connectivity index (χ2n) is 6.95. The zero-order valence-electron chi connectivity index (χ0n) is 15.5. The Kier molecular flexibility index (Phi) is 5.73. The molecule has 8 nitrogen and oxygen atoms in total. The average molecular weight is 372 g/mol. The minimum Gasteiger partial charge on any atom is -0.465 e. The van der Waals surface area contributed by atoms with Crippen molar-refractivity contribution in [3.05, 3.63) is 29.8 Å². The van der Waals surface area contributed by atoms with Gasteiger partial charge in [-0.1, -0.05) is 24.4 Å². The third kappa shape index (κ3) is 4.45. The number of carboxylic acid groups (broad SMARTS) is 1. The lowest BCUT2D eigenvalue weighted by Gasteiger charge is -2.29. The van der Waals surface area contributed by atoms with E-state index in [-0.39, 0.29) is 11.8 Å². The molecule has 144 valence electrons. The summed E-state index contributed by atoms with van der Waals surface area (Å²) in [4.78, 5) is 28.1. The predicted molar refractivity (Wildman–Crippen MR) is 99.4 cm³/mol. The van der Waals surface area contributed by atoms with Crippen molar-refractivity contribution in [3.8, 4) is 11.1 Å². The molecule has 0 aromatic carbocycles. The molecule has 3 rings (SSSR count). The summed E-state index contributed by atoms with van der Waals surface area (Å²) in [6, 6.07) is 2.75. The third-order valence-electron chi connectivity index (χ3n) is 5.02. The second kappa shape index (κ2) is 8.20. The highest BCUT2D eigenvalue weighted by Gasteiger charge is 2.31. The summed E-state index contributed by atoms with van der Waals surface area (Å²) >= 11 is 0. The van der Waals surface area contributed by atoms with Gasteiger partial charge in [0.2, 0.25) is 5.91 Å². The van der Waals surface area contributed by atoms with Gasteiger partial charge in [-0.3, -0.25) is 4.79 Å². The zero-order chi connectivity index (χ0) is 19.4. The molecule has 8 heteroatoms. The number of hydrogen-bond donors (Lipinski definition) is 3. The smallest absolute Gasteiger partial charge is 0.405 e. The van der Waals surface area contributed by atoms with Crippen LogP contribution in [0.15, 0.2) is 22.9 Å². The van der Waals surface area contributed by atoms with Gasteiger partial charge in [0.25, 0.3) is 0 Å². The minimum atomic E-state index is -1.19. The third-order valence-corrected chi connectivity index (χ3v) is 5.02. The van der Waals surface area contributed by atoms with Gasteiger partial charge in [0.15, 0.2) is 0 Å². The zero-order valence-corrected chi connectivity index (χ0v) is 15.5. The first-order chi connectivity index (χ1) is 13.0. The Morgan fingerprint density at radius 3 is 2.52 bits per heavy atom. The summed E-state index contributed by atoms with van der Waals surface area (Å²) in [6.07, 6.45) is 5.29. The monoisotopic (exact) mass is 372 g/mol. The molecular weight excluding hydrogens is 348 g/mol. The number of carbonyl (C=O) groups is 2. The van der Waals surface area contributed by atoms with E-state index in [0.29, 0.717) is 11.6 Å². The Morgan fingerprint density at radius 1 is 1.22 bits per heavy atom. The fourth-order valence-electron chi connectivity index (χ4n) is 3.71. The summed E-state index contributed by atoms with van der Waals surface area (Å²) in [5, 5.41) is 18.1. The summed E-state index contributed by atoms with van der Waals surface area (Å²) < 4.78 is 5.17. The molecule has 2 aromatic heterocycles. The van der Waals surface area contributed by atoms with Gasteiger partial charge < -0.3 is 20.3 Å². The number of aryl methyl sites for hydroxylation is 2. The second-order valence-corrected chi connectivity index (χ2v) is 6.95. The van der Waals surface area contributed by atoms with Crippen molar-refractivity contribution in [2.45, 2.75) is 52.0 Å². The largest absolute Gasteiger partial charge is 0.465 e. The average Bonchev–Trinajstić information content (AvgIpc) is 2.99. The number of hydrogen-bond acceptors (Lipinski definition) is 5. The van der Waals surface area contributed by atoms with Crippen molar-refractivity contribution in [1.82, 2.24) is 15.5 Å². The molecule has 3 N–H and O–H groups in total. The van der Waals surface area contributed by atoms with Crippen molar-refractivity contribution in [3.63, 3.8) is 0 Å². The Hall–Kier alpha value is -2.90. The van der Waals surface area contributed by atoms with E-state index in [9.17, 15) is 9.59 Å². The van der Waals surface area contributed by atoms with Crippen LogP contribution in [0.2, 0.25) is 0 Å². The topological polar surface area (TPSA) is 117 Å². The van der Waals surface area contributed by atoms with E-state index in [4.69, 9.17) is 9.63 Å². The normalized spacial score (nSPS) is 15.9. The first-order valence-corrected chi connectivity index (χ1v) is 9.15. The maximum Gasteiger partial charge on any atom is 0.405 e. The van der Waals surface area contributed by atoms with Gasteiger partial charge in [-0.15, -0.1) is 0 Å². The number of aromatic nitrogens is 2. The molecule has 2 aromatic rings. The highest BCUT2D eigenvalue weighted by Crippen LogP contribution is 2.28. The Balaban J connectivity index is 1.72. The van der Waals surface area contributed by atoms with E-state index in [1.54, 1.807) is 12.3 Å². The summed E-state index contributed by atoms with van der Waals surface area (Å²) in [6.45, 7) is 3.69. The number of anilines is 1. The van der Waals surface area contributed by atoms with Gasteiger partial charge in [0, 0.05) is 17.3 Å². The molecule has 27 heavy (non-hydrogen) atoms. The van der Waals surface area contributed by atoms with Crippen LogP contribution in [0, 0.1) is 19.8 Å².